The fourth-order valence-electron chi connectivity index (χ4n) is 3.56. The summed E-state index contributed by atoms with van der Waals surface area (Å²) in [5.41, 5.74) is 4.35. The smallest absolute Gasteiger partial charge is 0.152 e. The van der Waals surface area contributed by atoms with Gasteiger partial charge in [-0.3, -0.25) is 4.79 Å². The first kappa shape index (κ1) is 14.8. The molecular formula is C20H21N3O. The third-order valence-electron chi connectivity index (χ3n) is 4.90. The molecule has 0 amide bonds. The predicted octanol–water partition coefficient (Wildman–Crippen LogP) is 3.32. The highest BCUT2D eigenvalue weighted by Gasteiger charge is 2.18. The normalized spacial score (nSPS) is 15.0. The summed E-state index contributed by atoms with van der Waals surface area (Å²) in [4.78, 5) is 16.1. The van der Waals surface area contributed by atoms with E-state index in [1.54, 1.807) is 0 Å². The van der Waals surface area contributed by atoms with Gasteiger partial charge in [0.25, 0.3) is 0 Å². The first-order chi connectivity index (χ1) is 11.8. The monoisotopic (exact) mass is 319 g/mol. The van der Waals surface area contributed by atoms with Crippen molar-refractivity contribution >= 4 is 28.6 Å². The third kappa shape index (κ3) is 2.54. The van der Waals surface area contributed by atoms with Gasteiger partial charge in [-0.25, -0.2) is 0 Å². The summed E-state index contributed by atoms with van der Waals surface area (Å²) in [5.74, 6) is 0. The Morgan fingerprint density at radius 3 is 2.21 bits per heavy atom. The molecule has 3 aromatic rings. The molecule has 0 bridgehead atoms. The Labute approximate surface area is 141 Å². The molecule has 0 N–H and O–H groups in total. The molecule has 1 saturated heterocycles. The average molecular weight is 319 g/mol. The molecule has 4 heteroatoms. The van der Waals surface area contributed by atoms with Crippen LogP contribution in [0.1, 0.15) is 10.4 Å². The van der Waals surface area contributed by atoms with Gasteiger partial charge in [-0.15, -0.1) is 0 Å². The highest BCUT2D eigenvalue weighted by molar-refractivity contribution is 5.99. The SMILES string of the molecule is Cn1cc(C=O)c2cc(N3CCN(c4ccccc4)CC3)ccc21. The molecule has 1 fully saturated rings. The van der Waals surface area contributed by atoms with E-state index < -0.39 is 0 Å². The number of benzene rings is 2. The van der Waals surface area contributed by atoms with Gasteiger partial charge in [0.1, 0.15) is 0 Å². The van der Waals surface area contributed by atoms with E-state index >= 15 is 0 Å². The van der Waals surface area contributed by atoms with Gasteiger partial charge in [-0.1, -0.05) is 18.2 Å². The minimum Gasteiger partial charge on any atom is -0.368 e. The number of hydrogen-bond donors (Lipinski definition) is 0. The van der Waals surface area contributed by atoms with E-state index in [1.807, 2.05) is 17.8 Å². The number of carbonyl (C=O) groups is 1. The topological polar surface area (TPSA) is 28.5 Å². The Morgan fingerprint density at radius 2 is 1.54 bits per heavy atom. The predicted molar refractivity (Wildman–Crippen MR) is 99.2 cm³/mol. The molecular weight excluding hydrogens is 298 g/mol. The number of nitrogens with zero attached hydrogens (tertiary/aromatic N) is 3. The van der Waals surface area contributed by atoms with Crippen LogP contribution in [0.3, 0.4) is 0 Å². The second kappa shape index (κ2) is 6.04. The van der Waals surface area contributed by atoms with Gasteiger partial charge in [0.05, 0.1) is 0 Å². The van der Waals surface area contributed by atoms with Crippen LogP contribution >= 0.6 is 0 Å². The molecule has 0 aliphatic carbocycles. The van der Waals surface area contributed by atoms with Crippen LogP contribution in [0.25, 0.3) is 10.9 Å². The maximum absolute atomic E-state index is 11.3. The van der Waals surface area contributed by atoms with E-state index in [2.05, 4.69) is 58.3 Å². The van der Waals surface area contributed by atoms with Crippen LogP contribution < -0.4 is 9.80 Å². The molecule has 0 atom stereocenters. The van der Waals surface area contributed by atoms with Crippen LogP contribution in [-0.2, 0) is 7.05 Å². The highest BCUT2D eigenvalue weighted by atomic mass is 16.1. The quantitative estimate of drug-likeness (QED) is 0.693. The van der Waals surface area contributed by atoms with E-state index in [0.29, 0.717) is 0 Å². The summed E-state index contributed by atoms with van der Waals surface area (Å²) in [6, 6.07) is 17.0. The number of aldehydes is 1. The number of fused-ring (bicyclic) bond motifs is 1. The maximum atomic E-state index is 11.3. The zero-order valence-corrected chi connectivity index (χ0v) is 13.9. The highest BCUT2D eigenvalue weighted by Crippen LogP contribution is 2.27. The van der Waals surface area contributed by atoms with Crippen molar-refractivity contribution in [1.82, 2.24) is 4.57 Å². The standard InChI is InChI=1S/C20H21N3O/c1-21-14-16(15-24)19-13-18(7-8-20(19)21)23-11-9-22(10-12-23)17-5-3-2-4-6-17/h2-8,13-15H,9-12H2,1H3. The Morgan fingerprint density at radius 1 is 0.875 bits per heavy atom. The van der Waals surface area contributed by atoms with E-state index in [-0.39, 0.29) is 0 Å². The van der Waals surface area contributed by atoms with E-state index in [1.165, 1.54) is 11.4 Å². The van der Waals surface area contributed by atoms with Crippen LogP contribution in [0.5, 0.6) is 0 Å². The number of piperazine rings is 1. The number of para-hydroxylation sites is 1. The van der Waals surface area contributed by atoms with Gasteiger partial charge in [-0.2, -0.15) is 0 Å². The fourth-order valence-corrected chi connectivity index (χ4v) is 3.56. The summed E-state index contributed by atoms with van der Waals surface area (Å²) in [6.45, 7) is 4.00. The van der Waals surface area contributed by atoms with Crippen molar-refractivity contribution in [3.05, 3.63) is 60.3 Å². The Balaban J connectivity index is 1.55. The molecule has 1 aromatic heterocycles. The molecule has 0 radical (unpaired) electrons. The second-order valence-electron chi connectivity index (χ2n) is 6.32. The van der Waals surface area contributed by atoms with Gasteiger partial charge in [-0.05, 0) is 30.3 Å². The minimum atomic E-state index is 0.761. The van der Waals surface area contributed by atoms with Gasteiger partial charge in [0.15, 0.2) is 6.29 Å². The van der Waals surface area contributed by atoms with Crippen LogP contribution in [0.15, 0.2) is 54.7 Å². The van der Waals surface area contributed by atoms with Crippen molar-refractivity contribution in [3.63, 3.8) is 0 Å². The number of rotatable bonds is 3. The molecule has 0 unspecified atom stereocenters. The van der Waals surface area contributed by atoms with Crippen molar-refractivity contribution in [2.24, 2.45) is 7.05 Å². The molecule has 24 heavy (non-hydrogen) atoms. The lowest BCUT2D eigenvalue weighted by atomic mass is 10.1. The molecule has 0 spiro atoms. The van der Waals surface area contributed by atoms with Crippen molar-refractivity contribution in [2.75, 3.05) is 36.0 Å². The third-order valence-corrected chi connectivity index (χ3v) is 4.90. The van der Waals surface area contributed by atoms with E-state index in [4.69, 9.17) is 0 Å². The molecule has 1 aliphatic rings. The number of anilines is 2. The molecule has 2 aromatic carbocycles. The van der Waals surface area contributed by atoms with Gasteiger partial charge in [0.2, 0.25) is 0 Å². The lowest BCUT2D eigenvalue weighted by molar-refractivity contribution is 0.112. The van der Waals surface area contributed by atoms with Crippen molar-refractivity contribution in [2.45, 2.75) is 0 Å². The summed E-state index contributed by atoms with van der Waals surface area (Å²) in [6.07, 6.45) is 2.84. The lowest BCUT2D eigenvalue weighted by Crippen LogP contribution is -2.46. The Kier molecular flexibility index (Phi) is 3.73. The van der Waals surface area contributed by atoms with Crippen molar-refractivity contribution in [1.29, 1.82) is 0 Å². The zero-order chi connectivity index (χ0) is 16.5. The molecule has 1 aliphatic heterocycles. The van der Waals surface area contributed by atoms with E-state index in [0.717, 1.165) is 48.9 Å². The number of aromatic nitrogens is 1. The fraction of sp³-hybridized carbons (Fsp3) is 0.250. The first-order valence-electron chi connectivity index (χ1n) is 8.35. The molecule has 4 rings (SSSR count). The molecule has 122 valence electrons. The lowest BCUT2D eigenvalue weighted by Gasteiger charge is -2.37. The molecule has 4 nitrogen and oxygen atoms in total. The van der Waals surface area contributed by atoms with Crippen LogP contribution in [-0.4, -0.2) is 37.0 Å². The van der Waals surface area contributed by atoms with Gasteiger partial charge < -0.3 is 14.4 Å². The second-order valence-corrected chi connectivity index (χ2v) is 6.32. The first-order valence-corrected chi connectivity index (χ1v) is 8.35. The number of aryl methyl sites for hydroxylation is 1. The van der Waals surface area contributed by atoms with Gasteiger partial charge in [0, 0.05) is 67.3 Å². The number of hydrogen-bond acceptors (Lipinski definition) is 3. The minimum absolute atomic E-state index is 0.761. The van der Waals surface area contributed by atoms with Crippen molar-refractivity contribution in [3.8, 4) is 0 Å². The summed E-state index contributed by atoms with van der Waals surface area (Å²) >= 11 is 0. The zero-order valence-electron chi connectivity index (χ0n) is 13.9. The van der Waals surface area contributed by atoms with Crippen molar-refractivity contribution < 1.29 is 4.79 Å². The Bertz CT molecular complexity index is 861. The van der Waals surface area contributed by atoms with Crippen LogP contribution in [0.2, 0.25) is 0 Å². The molecule has 0 saturated carbocycles. The Hall–Kier alpha value is -2.75. The van der Waals surface area contributed by atoms with Crippen LogP contribution in [0.4, 0.5) is 11.4 Å². The summed E-state index contributed by atoms with van der Waals surface area (Å²) < 4.78 is 2.01. The summed E-state index contributed by atoms with van der Waals surface area (Å²) in [5, 5.41) is 1.04. The largest absolute Gasteiger partial charge is 0.368 e. The van der Waals surface area contributed by atoms with Crippen LogP contribution in [0, 0.1) is 0 Å². The molecule has 2 heterocycles. The summed E-state index contributed by atoms with van der Waals surface area (Å²) in [7, 11) is 1.98. The average Bonchev–Trinajstić information content (AvgIpc) is 2.98. The van der Waals surface area contributed by atoms with Gasteiger partial charge >= 0.3 is 0 Å². The number of carbonyl (C=O) groups excluding carboxylic acids is 1. The maximum Gasteiger partial charge on any atom is 0.152 e. The van der Waals surface area contributed by atoms with E-state index in [9.17, 15) is 4.79 Å².